The summed E-state index contributed by atoms with van der Waals surface area (Å²) in [5.74, 6) is 1.12. The van der Waals surface area contributed by atoms with Gasteiger partial charge in [-0.3, -0.25) is 4.68 Å². The van der Waals surface area contributed by atoms with Crippen LogP contribution in [0.15, 0.2) is 12.3 Å². The number of rotatable bonds is 5. The fraction of sp³-hybridized carbons (Fsp3) is 0.786. The topological polar surface area (TPSA) is 50.1 Å². The molecule has 2 rings (SSSR count). The second kappa shape index (κ2) is 6.34. The molecule has 4 heteroatoms. The Morgan fingerprint density at radius 3 is 2.78 bits per heavy atom. The van der Waals surface area contributed by atoms with Crippen LogP contribution in [0.1, 0.15) is 44.3 Å². The van der Waals surface area contributed by atoms with E-state index in [1.807, 2.05) is 17.9 Å². The minimum Gasteiger partial charge on any atom is -0.396 e. The smallest absolute Gasteiger partial charge is 0.0547 e. The average Bonchev–Trinajstić information content (AvgIpc) is 2.82. The second-order valence-electron chi connectivity index (χ2n) is 5.50. The van der Waals surface area contributed by atoms with E-state index in [4.69, 9.17) is 0 Å². The van der Waals surface area contributed by atoms with E-state index in [9.17, 15) is 5.11 Å². The first-order chi connectivity index (χ1) is 8.72. The van der Waals surface area contributed by atoms with Gasteiger partial charge in [0.2, 0.25) is 0 Å². The molecule has 1 aliphatic rings. The number of aliphatic hydroxyl groups excluding tert-OH is 1. The van der Waals surface area contributed by atoms with E-state index in [1.54, 1.807) is 0 Å². The van der Waals surface area contributed by atoms with Crippen molar-refractivity contribution in [2.45, 2.75) is 38.6 Å². The summed E-state index contributed by atoms with van der Waals surface area (Å²) in [7, 11) is 1.98. The van der Waals surface area contributed by atoms with Crippen molar-refractivity contribution in [3.8, 4) is 0 Å². The molecule has 102 valence electrons. The first-order valence-electron chi connectivity index (χ1n) is 7.04. The zero-order valence-corrected chi connectivity index (χ0v) is 11.5. The Labute approximate surface area is 109 Å². The molecular formula is C14H25N3O. The Hall–Kier alpha value is -0.870. The predicted octanol–water partition coefficient (Wildman–Crippen LogP) is 1.87. The quantitative estimate of drug-likeness (QED) is 0.840. The van der Waals surface area contributed by atoms with Crippen molar-refractivity contribution in [3.63, 3.8) is 0 Å². The predicted molar refractivity (Wildman–Crippen MR) is 72.2 cm³/mol. The first-order valence-corrected chi connectivity index (χ1v) is 7.04. The lowest BCUT2D eigenvalue weighted by Gasteiger charge is -2.31. The SMILES string of the molecule is CC(NCC1CCCCC1CO)c1ccnn1C. The summed E-state index contributed by atoms with van der Waals surface area (Å²) in [6, 6.07) is 2.38. The third-order valence-corrected chi connectivity index (χ3v) is 4.29. The van der Waals surface area contributed by atoms with Crippen LogP contribution in [-0.4, -0.2) is 28.0 Å². The van der Waals surface area contributed by atoms with Gasteiger partial charge in [-0.05, 0) is 44.2 Å². The molecule has 0 amide bonds. The maximum Gasteiger partial charge on any atom is 0.0547 e. The highest BCUT2D eigenvalue weighted by atomic mass is 16.3. The number of aromatic nitrogens is 2. The van der Waals surface area contributed by atoms with Crippen LogP contribution in [-0.2, 0) is 7.05 Å². The monoisotopic (exact) mass is 251 g/mol. The molecule has 0 radical (unpaired) electrons. The molecule has 0 spiro atoms. The van der Waals surface area contributed by atoms with Gasteiger partial charge in [-0.25, -0.2) is 0 Å². The van der Waals surface area contributed by atoms with Crippen molar-refractivity contribution >= 4 is 0 Å². The fourth-order valence-corrected chi connectivity index (χ4v) is 3.04. The highest BCUT2D eigenvalue weighted by molar-refractivity contribution is 5.05. The maximum atomic E-state index is 9.41. The Balaban J connectivity index is 1.85. The molecule has 3 atom stereocenters. The molecule has 0 aromatic carbocycles. The van der Waals surface area contributed by atoms with E-state index in [-0.39, 0.29) is 0 Å². The molecule has 2 N–H and O–H groups in total. The number of hydrogen-bond donors (Lipinski definition) is 2. The maximum absolute atomic E-state index is 9.41. The highest BCUT2D eigenvalue weighted by Crippen LogP contribution is 2.29. The van der Waals surface area contributed by atoms with E-state index < -0.39 is 0 Å². The van der Waals surface area contributed by atoms with Crippen LogP contribution in [0.4, 0.5) is 0 Å². The molecule has 1 aliphatic carbocycles. The molecule has 1 fully saturated rings. The third-order valence-electron chi connectivity index (χ3n) is 4.29. The number of hydrogen-bond acceptors (Lipinski definition) is 3. The highest BCUT2D eigenvalue weighted by Gasteiger charge is 2.24. The summed E-state index contributed by atoms with van der Waals surface area (Å²) in [6.07, 6.45) is 6.85. The number of aryl methyl sites for hydroxylation is 1. The summed E-state index contributed by atoms with van der Waals surface area (Å²) in [5.41, 5.74) is 1.21. The molecule has 4 nitrogen and oxygen atoms in total. The van der Waals surface area contributed by atoms with Gasteiger partial charge in [-0.1, -0.05) is 12.8 Å². The van der Waals surface area contributed by atoms with Crippen LogP contribution >= 0.6 is 0 Å². The third kappa shape index (κ3) is 3.12. The van der Waals surface area contributed by atoms with Crippen molar-refractivity contribution < 1.29 is 5.11 Å². The van der Waals surface area contributed by atoms with E-state index in [0.29, 0.717) is 24.5 Å². The lowest BCUT2D eigenvalue weighted by Crippen LogP contribution is -2.34. The molecule has 0 bridgehead atoms. The molecule has 1 aromatic heterocycles. The Bertz CT molecular complexity index is 364. The molecular weight excluding hydrogens is 226 g/mol. The molecule has 0 aliphatic heterocycles. The van der Waals surface area contributed by atoms with E-state index >= 15 is 0 Å². The lowest BCUT2D eigenvalue weighted by molar-refractivity contribution is 0.131. The van der Waals surface area contributed by atoms with Crippen LogP contribution in [0.5, 0.6) is 0 Å². The van der Waals surface area contributed by atoms with Crippen LogP contribution in [0.2, 0.25) is 0 Å². The van der Waals surface area contributed by atoms with Gasteiger partial charge in [0.15, 0.2) is 0 Å². The Kier molecular flexibility index (Phi) is 4.78. The average molecular weight is 251 g/mol. The molecule has 0 saturated heterocycles. The second-order valence-corrected chi connectivity index (χ2v) is 5.50. The van der Waals surface area contributed by atoms with E-state index in [2.05, 4.69) is 23.4 Å². The molecule has 1 heterocycles. The van der Waals surface area contributed by atoms with Crippen LogP contribution < -0.4 is 5.32 Å². The number of aliphatic hydroxyl groups is 1. The summed E-state index contributed by atoms with van der Waals surface area (Å²) < 4.78 is 1.92. The first kappa shape index (κ1) is 13.6. The van der Waals surface area contributed by atoms with Gasteiger partial charge in [0.1, 0.15) is 0 Å². The van der Waals surface area contributed by atoms with Crippen molar-refractivity contribution in [2.24, 2.45) is 18.9 Å². The largest absolute Gasteiger partial charge is 0.396 e. The van der Waals surface area contributed by atoms with Crippen LogP contribution in [0.3, 0.4) is 0 Å². The summed E-state index contributed by atoms with van der Waals surface area (Å²) in [4.78, 5) is 0. The van der Waals surface area contributed by atoms with E-state index in [1.165, 1.54) is 31.4 Å². The lowest BCUT2D eigenvalue weighted by atomic mass is 9.79. The van der Waals surface area contributed by atoms with E-state index in [0.717, 1.165) is 6.54 Å². The van der Waals surface area contributed by atoms with Gasteiger partial charge in [-0.15, -0.1) is 0 Å². The summed E-state index contributed by atoms with van der Waals surface area (Å²) >= 11 is 0. The van der Waals surface area contributed by atoms with Crippen molar-refractivity contribution in [1.82, 2.24) is 15.1 Å². The summed E-state index contributed by atoms with van der Waals surface area (Å²) in [6.45, 7) is 3.51. The van der Waals surface area contributed by atoms with Crippen molar-refractivity contribution in [3.05, 3.63) is 18.0 Å². The Morgan fingerprint density at radius 1 is 1.44 bits per heavy atom. The molecule has 1 aromatic rings. The molecule has 1 saturated carbocycles. The zero-order valence-electron chi connectivity index (χ0n) is 11.5. The Morgan fingerprint density at radius 2 is 2.17 bits per heavy atom. The number of nitrogens with zero attached hydrogens (tertiary/aromatic N) is 2. The van der Waals surface area contributed by atoms with Crippen molar-refractivity contribution in [2.75, 3.05) is 13.2 Å². The minimum atomic E-state index is 0.318. The van der Waals surface area contributed by atoms with Crippen LogP contribution in [0, 0.1) is 11.8 Å². The van der Waals surface area contributed by atoms with Gasteiger partial charge < -0.3 is 10.4 Å². The van der Waals surface area contributed by atoms with Gasteiger partial charge in [-0.2, -0.15) is 5.10 Å². The summed E-state index contributed by atoms with van der Waals surface area (Å²) in [5, 5.41) is 17.2. The number of nitrogens with one attached hydrogen (secondary N) is 1. The zero-order chi connectivity index (χ0) is 13.0. The molecule has 18 heavy (non-hydrogen) atoms. The van der Waals surface area contributed by atoms with Crippen LogP contribution in [0.25, 0.3) is 0 Å². The minimum absolute atomic E-state index is 0.318. The van der Waals surface area contributed by atoms with Gasteiger partial charge in [0.05, 0.1) is 5.69 Å². The van der Waals surface area contributed by atoms with Gasteiger partial charge in [0, 0.05) is 25.9 Å². The van der Waals surface area contributed by atoms with Gasteiger partial charge in [0.25, 0.3) is 0 Å². The van der Waals surface area contributed by atoms with Gasteiger partial charge >= 0.3 is 0 Å². The standard InChI is InChI=1S/C14H25N3O/c1-11(14-7-8-16-17(14)2)15-9-12-5-3-4-6-13(12)10-18/h7-8,11-13,15,18H,3-6,9-10H2,1-2H3. The normalized spacial score (nSPS) is 26.2. The van der Waals surface area contributed by atoms with Crippen molar-refractivity contribution in [1.29, 1.82) is 0 Å². The molecule has 3 unspecified atom stereocenters. The fourth-order valence-electron chi connectivity index (χ4n) is 3.04.